The fourth-order valence-corrected chi connectivity index (χ4v) is 5.63. The topological polar surface area (TPSA) is 60.6 Å². The van der Waals surface area contributed by atoms with E-state index in [-0.39, 0.29) is 5.91 Å². The number of para-hydroxylation sites is 1. The lowest BCUT2D eigenvalue weighted by Gasteiger charge is -2.33. The minimum atomic E-state index is 0.0197. The zero-order valence-electron chi connectivity index (χ0n) is 16.3. The average molecular weight is 396 g/mol. The van der Waals surface area contributed by atoms with Crippen LogP contribution in [-0.2, 0) is 17.6 Å². The molecule has 1 aromatic heterocycles. The number of nitrogens with one attached hydrogen (secondary N) is 2. The van der Waals surface area contributed by atoms with Gasteiger partial charge in [0.15, 0.2) is 6.54 Å². The third-order valence-electron chi connectivity index (χ3n) is 5.88. The Bertz CT molecular complexity index is 878. The summed E-state index contributed by atoms with van der Waals surface area (Å²) in [7, 11) is 0. The van der Waals surface area contributed by atoms with Gasteiger partial charge in [0.2, 0.25) is 0 Å². The van der Waals surface area contributed by atoms with Gasteiger partial charge in [-0.15, -0.1) is 11.3 Å². The molecule has 1 saturated heterocycles. The summed E-state index contributed by atoms with van der Waals surface area (Å²) in [6, 6.07) is 12.8. The van der Waals surface area contributed by atoms with E-state index in [0.717, 1.165) is 50.4 Å². The van der Waals surface area contributed by atoms with Crippen LogP contribution in [0.4, 0.5) is 10.7 Å². The van der Waals surface area contributed by atoms with Crippen molar-refractivity contribution in [2.75, 3.05) is 42.9 Å². The number of nitriles is 1. The highest BCUT2D eigenvalue weighted by Gasteiger charge is 2.26. The molecule has 2 aliphatic rings. The highest BCUT2D eigenvalue weighted by atomic mass is 32.1. The van der Waals surface area contributed by atoms with Crippen LogP contribution < -0.4 is 15.1 Å². The Morgan fingerprint density at radius 3 is 2.79 bits per heavy atom. The Balaban J connectivity index is 1.34. The number of piperazine rings is 1. The van der Waals surface area contributed by atoms with Gasteiger partial charge >= 0.3 is 0 Å². The van der Waals surface area contributed by atoms with Crippen LogP contribution in [0, 0.1) is 17.2 Å². The predicted molar refractivity (Wildman–Crippen MR) is 113 cm³/mol. The molecule has 0 bridgehead atoms. The fraction of sp³-hybridized carbons (Fsp3) is 0.455. The fourth-order valence-electron chi connectivity index (χ4n) is 4.25. The number of hydrogen-bond acceptors (Lipinski definition) is 4. The first-order valence-corrected chi connectivity index (χ1v) is 10.9. The lowest BCUT2D eigenvalue weighted by Crippen LogP contribution is -3.15. The van der Waals surface area contributed by atoms with E-state index in [1.807, 2.05) is 6.07 Å². The minimum Gasteiger partial charge on any atom is -0.360 e. The van der Waals surface area contributed by atoms with E-state index in [0.29, 0.717) is 18.0 Å². The molecule has 1 aromatic carbocycles. The van der Waals surface area contributed by atoms with Gasteiger partial charge in [-0.1, -0.05) is 25.1 Å². The molecular weight excluding hydrogens is 368 g/mol. The van der Waals surface area contributed by atoms with Gasteiger partial charge in [0, 0.05) is 10.6 Å². The van der Waals surface area contributed by atoms with E-state index in [1.165, 1.54) is 21.0 Å². The lowest BCUT2D eigenvalue weighted by molar-refractivity contribution is -0.892. The maximum Gasteiger partial charge on any atom is 0.280 e. The third kappa shape index (κ3) is 4.06. The molecule has 2 heterocycles. The predicted octanol–water partition coefficient (Wildman–Crippen LogP) is 2.09. The molecule has 1 aliphatic carbocycles. The van der Waals surface area contributed by atoms with Crippen molar-refractivity contribution >= 4 is 27.9 Å². The molecule has 0 saturated carbocycles. The minimum absolute atomic E-state index is 0.0197. The average Bonchev–Trinajstić information content (AvgIpc) is 3.04. The second-order valence-corrected chi connectivity index (χ2v) is 9.07. The maximum atomic E-state index is 12.6. The summed E-state index contributed by atoms with van der Waals surface area (Å²) in [5.74, 6) is 0.679. The number of hydrogen-bond donors (Lipinski definition) is 2. The van der Waals surface area contributed by atoms with Gasteiger partial charge in [0.1, 0.15) is 11.1 Å². The summed E-state index contributed by atoms with van der Waals surface area (Å²) in [4.78, 5) is 17.6. The van der Waals surface area contributed by atoms with Crippen molar-refractivity contribution in [3.8, 4) is 6.07 Å². The van der Waals surface area contributed by atoms with Gasteiger partial charge in [-0.2, -0.15) is 5.26 Å². The molecule has 146 valence electrons. The Morgan fingerprint density at radius 2 is 2.07 bits per heavy atom. The van der Waals surface area contributed by atoms with E-state index < -0.39 is 0 Å². The van der Waals surface area contributed by atoms with E-state index in [1.54, 1.807) is 11.3 Å². The molecule has 1 amide bonds. The molecule has 6 heteroatoms. The maximum absolute atomic E-state index is 12.6. The number of carbonyl (C=O) groups excluding carboxylic acids is 1. The molecule has 28 heavy (non-hydrogen) atoms. The molecule has 1 aliphatic heterocycles. The third-order valence-corrected chi connectivity index (χ3v) is 7.05. The summed E-state index contributed by atoms with van der Waals surface area (Å²) in [5.41, 5.74) is 3.12. The van der Waals surface area contributed by atoms with Crippen molar-refractivity contribution in [1.82, 2.24) is 0 Å². The van der Waals surface area contributed by atoms with Crippen molar-refractivity contribution < 1.29 is 9.69 Å². The molecular formula is C22H27N4OS+. The molecule has 2 N–H and O–H groups in total. The molecule has 2 aromatic rings. The van der Waals surface area contributed by atoms with Crippen LogP contribution in [0.1, 0.15) is 29.3 Å². The van der Waals surface area contributed by atoms with Gasteiger partial charge < -0.3 is 15.1 Å². The Hall–Kier alpha value is -2.36. The number of thiophene rings is 1. The van der Waals surface area contributed by atoms with Crippen LogP contribution in [0.25, 0.3) is 0 Å². The summed E-state index contributed by atoms with van der Waals surface area (Å²) >= 11 is 1.61. The number of rotatable bonds is 4. The van der Waals surface area contributed by atoms with Crippen molar-refractivity contribution in [2.45, 2.75) is 26.2 Å². The number of quaternary nitrogens is 1. The SMILES string of the molecule is C[C@H]1CCc2c(sc(NC(=O)C[NH+]3CCN(c4ccccc4)CC3)c2C#N)C1. The van der Waals surface area contributed by atoms with E-state index in [4.69, 9.17) is 0 Å². The molecule has 1 fully saturated rings. The highest BCUT2D eigenvalue weighted by molar-refractivity contribution is 7.16. The van der Waals surface area contributed by atoms with Crippen LogP contribution >= 0.6 is 11.3 Å². The molecule has 4 rings (SSSR count). The van der Waals surface area contributed by atoms with Gasteiger partial charge in [-0.05, 0) is 42.9 Å². The Morgan fingerprint density at radius 1 is 1.32 bits per heavy atom. The Labute approximate surface area is 170 Å². The first kappa shape index (κ1) is 19.0. The summed E-state index contributed by atoms with van der Waals surface area (Å²) in [6.45, 7) is 6.54. The largest absolute Gasteiger partial charge is 0.360 e. The van der Waals surface area contributed by atoms with Crippen LogP contribution in [0.3, 0.4) is 0 Å². The van der Waals surface area contributed by atoms with Crippen LogP contribution in [0.15, 0.2) is 30.3 Å². The zero-order valence-corrected chi connectivity index (χ0v) is 17.1. The summed E-state index contributed by atoms with van der Waals surface area (Å²) < 4.78 is 0. The number of fused-ring (bicyclic) bond motifs is 1. The van der Waals surface area contributed by atoms with Gasteiger partial charge in [0.25, 0.3) is 5.91 Å². The first-order chi connectivity index (χ1) is 13.6. The second-order valence-electron chi connectivity index (χ2n) is 7.97. The van der Waals surface area contributed by atoms with E-state index >= 15 is 0 Å². The standard InChI is InChI=1S/C22H26N4OS/c1-16-7-8-18-19(14-23)22(28-20(18)13-16)24-21(27)15-25-9-11-26(12-10-25)17-5-3-2-4-6-17/h2-6,16H,7-13,15H2,1H3,(H,24,27)/p+1/t16-/m0/s1. The lowest BCUT2D eigenvalue weighted by atomic mass is 9.89. The van der Waals surface area contributed by atoms with Crippen molar-refractivity contribution in [2.24, 2.45) is 5.92 Å². The van der Waals surface area contributed by atoms with E-state index in [2.05, 4.69) is 47.5 Å². The monoisotopic (exact) mass is 395 g/mol. The van der Waals surface area contributed by atoms with Crippen LogP contribution in [0.2, 0.25) is 0 Å². The molecule has 0 spiro atoms. The molecule has 0 unspecified atom stereocenters. The second kappa shape index (κ2) is 8.34. The number of carbonyl (C=O) groups is 1. The Kier molecular flexibility index (Phi) is 5.65. The van der Waals surface area contributed by atoms with Gasteiger partial charge in [0.05, 0.1) is 31.7 Å². The number of nitrogens with zero attached hydrogens (tertiary/aromatic N) is 2. The smallest absolute Gasteiger partial charge is 0.280 e. The number of anilines is 2. The van der Waals surface area contributed by atoms with Gasteiger partial charge in [-0.25, -0.2) is 0 Å². The molecule has 0 radical (unpaired) electrons. The van der Waals surface area contributed by atoms with Crippen molar-refractivity contribution in [3.63, 3.8) is 0 Å². The van der Waals surface area contributed by atoms with Gasteiger partial charge in [-0.3, -0.25) is 4.79 Å². The number of benzene rings is 1. The normalized spacial score (nSPS) is 19.7. The molecule has 5 nitrogen and oxygen atoms in total. The molecule has 1 atom stereocenters. The zero-order chi connectivity index (χ0) is 19.5. The van der Waals surface area contributed by atoms with Crippen molar-refractivity contribution in [3.05, 3.63) is 46.3 Å². The summed E-state index contributed by atoms with van der Waals surface area (Å²) in [6.07, 6.45) is 3.11. The van der Waals surface area contributed by atoms with E-state index in [9.17, 15) is 10.1 Å². The number of amides is 1. The first-order valence-electron chi connectivity index (χ1n) is 10.1. The summed E-state index contributed by atoms with van der Waals surface area (Å²) in [5, 5.41) is 13.4. The highest BCUT2D eigenvalue weighted by Crippen LogP contribution is 2.39. The quantitative estimate of drug-likeness (QED) is 0.833. The van der Waals surface area contributed by atoms with Crippen LogP contribution in [0.5, 0.6) is 0 Å². The van der Waals surface area contributed by atoms with Crippen molar-refractivity contribution in [1.29, 1.82) is 5.26 Å². The van der Waals surface area contributed by atoms with Crippen LogP contribution in [-0.4, -0.2) is 38.6 Å².